The third-order valence-electron chi connectivity index (χ3n) is 3.66. The Bertz CT molecular complexity index is 714. The molecule has 2 aromatic carbocycles. The predicted molar refractivity (Wildman–Crippen MR) is 78.5 cm³/mol. The van der Waals surface area contributed by atoms with Gasteiger partial charge in [0.05, 0.1) is 11.0 Å². The van der Waals surface area contributed by atoms with Crippen LogP contribution in [0.15, 0.2) is 24.3 Å². The minimum atomic E-state index is 1.14. The molecule has 0 spiro atoms. The molecule has 0 bridgehead atoms. The van der Waals surface area contributed by atoms with Crippen molar-refractivity contribution in [2.45, 2.75) is 27.7 Å². The van der Waals surface area contributed by atoms with Crippen molar-refractivity contribution in [3.8, 4) is 0 Å². The van der Waals surface area contributed by atoms with Crippen LogP contribution in [0.1, 0.15) is 22.3 Å². The number of aromatic nitrogens is 1. The molecule has 3 rings (SSSR count). The van der Waals surface area contributed by atoms with Crippen LogP contribution in [-0.4, -0.2) is 4.68 Å². The van der Waals surface area contributed by atoms with Crippen LogP contribution in [0.5, 0.6) is 0 Å². The standard InChI is InChI=1S/C16H18N2/c1-9-5-11(3)15-13(7-9)14-8-10(2)6-12(4)16(14)18(15)17/h5-8H,17H2,1-4H3. The van der Waals surface area contributed by atoms with Crippen molar-refractivity contribution >= 4 is 21.8 Å². The Hall–Kier alpha value is -1.96. The molecule has 1 aromatic heterocycles. The van der Waals surface area contributed by atoms with Gasteiger partial charge >= 0.3 is 0 Å². The van der Waals surface area contributed by atoms with E-state index in [-0.39, 0.29) is 0 Å². The van der Waals surface area contributed by atoms with Crippen molar-refractivity contribution in [2.75, 3.05) is 5.84 Å². The number of nitrogens with zero attached hydrogens (tertiary/aromatic N) is 1. The monoisotopic (exact) mass is 238 g/mol. The fraction of sp³-hybridized carbons (Fsp3) is 0.250. The second kappa shape index (κ2) is 3.52. The molecule has 0 radical (unpaired) electrons. The largest absolute Gasteiger partial charge is 0.339 e. The van der Waals surface area contributed by atoms with E-state index in [9.17, 15) is 0 Å². The minimum absolute atomic E-state index is 1.14. The Morgan fingerprint density at radius 2 is 1.11 bits per heavy atom. The van der Waals surface area contributed by atoms with Gasteiger partial charge in [-0.05, 0) is 51.0 Å². The summed E-state index contributed by atoms with van der Waals surface area (Å²) < 4.78 is 1.84. The summed E-state index contributed by atoms with van der Waals surface area (Å²) in [7, 11) is 0. The van der Waals surface area contributed by atoms with E-state index >= 15 is 0 Å². The predicted octanol–water partition coefficient (Wildman–Crippen LogP) is 3.74. The topological polar surface area (TPSA) is 30.9 Å². The number of fused-ring (bicyclic) bond motifs is 3. The number of nitrogens with two attached hydrogens (primary N) is 1. The lowest BCUT2D eigenvalue weighted by Crippen LogP contribution is -2.08. The highest BCUT2D eigenvalue weighted by Crippen LogP contribution is 2.32. The van der Waals surface area contributed by atoms with Crippen LogP contribution in [0.25, 0.3) is 21.8 Å². The van der Waals surface area contributed by atoms with E-state index in [0.717, 1.165) is 11.0 Å². The first-order chi connectivity index (χ1) is 8.49. The highest BCUT2D eigenvalue weighted by molar-refractivity contribution is 6.10. The Labute approximate surface area is 107 Å². The van der Waals surface area contributed by atoms with Gasteiger partial charge in [-0.25, -0.2) is 0 Å². The number of hydrogen-bond acceptors (Lipinski definition) is 1. The lowest BCUT2D eigenvalue weighted by Gasteiger charge is -2.04. The van der Waals surface area contributed by atoms with Gasteiger partial charge in [-0.3, -0.25) is 4.68 Å². The van der Waals surface area contributed by atoms with Crippen LogP contribution in [-0.2, 0) is 0 Å². The summed E-state index contributed by atoms with van der Waals surface area (Å²) in [5, 5.41) is 2.52. The van der Waals surface area contributed by atoms with Gasteiger partial charge in [0, 0.05) is 10.8 Å². The summed E-state index contributed by atoms with van der Waals surface area (Å²) in [5.41, 5.74) is 7.33. The van der Waals surface area contributed by atoms with E-state index in [0.29, 0.717) is 0 Å². The number of rotatable bonds is 0. The number of benzene rings is 2. The highest BCUT2D eigenvalue weighted by Gasteiger charge is 2.13. The number of hydrogen-bond donors (Lipinski definition) is 1. The van der Waals surface area contributed by atoms with Gasteiger partial charge in [0.15, 0.2) is 0 Å². The third-order valence-corrected chi connectivity index (χ3v) is 3.66. The zero-order valence-electron chi connectivity index (χ0n) is 11.3. The minimum Gasteiger partial charge on any atom is -0.339 e. The van der Waals surface area contributed by atoms with Gasteiger partial charge in [-0.15, -0.1) is 0 Å². The van der Waals surface area contributed by atoms with Crippen LogP contribution in [0.2, 0.25) is 0 Å². The lowest BCUT2D eigenvalue weighted by molar-refractivity contribution is 1.10. The van der Waals surface area contributed by atoms with Crippen LogP contribution in [0.4, 0.5) is 0 Å². The average molecular weight is 238 g/mol. The van der Waals surface area contributed by atoms with Gasteiger partial charge in [0.2, 0.25) is 0 Å². The van der Waals surface area contributed by atoms with Crippen molar-refractivity contribution in [3.05, 3.63) is 46.5 Å². The Morgan fingerprint density at radius 3 is 1.50 bits per heavy atom. The maximum atomic E-state index is 6.29. The maximum Gasteiger partial charge on any atom is 0.0733 e. The number of aryl methyl sites for hydroxylation is 4. The first kappa shape index (κ1) is 11.1. The molecule has 0 saturated heterocycles. The smallest absolute Gasteiger partial charge is 0.0733 e. The van der Waals surface area contributed by atoms with Crippen molar-refractivity contribution in [2.24, 2.45) is 0 Å². The second-order valence-corrected chi connectivity index (χ2v) is 5.33. The molecule has 18 heavy (non-hydrogen) atoms. The first-order valence-corrected chi connectivity index (χ1v) is 6.26. The summed E-state index contributed by atoms with van der Waals surface area (Å²) in [4.78, 5) is 0. The fourth-order valence-corrected chi connectivity index (χ4v) is 3.08. The number of nitrogen functional groups attached to an aromatic ring is 1. The first-order valence-electron chi connectivity index (χ1n) is 6.26. The Balaban J connectivity index is 2.67. The molecule has 2 nitrogen and oxygen atoms in total. The van der Waals surface area contributed by atoms with Crippen molar-refractivity contribution < 1.29 is 0 Å². The van der Waals surface area contributed by atoms with E-state index in [2.05, 4.69) is 52.0 Å². The molecule has 0 aliphatic rings. The molecule has 2 N–H and O–H groups in total. The summed E-state index contributed by atoms with van der Waals surface area (Å²) in [5.74, 6) is 6.29. The van der Waals surface area contributed by atoms with Crippen molar-refractivity contribution in [1.82, 2.24) is 4.68 Å². The normalized spacial score (nSPS) is 11.6. The molecule has 0 aliphatic heterocycles. The maximum absolute atomic E-state index is 6.29. The average Bonchev–Trinajstić information content (AvgIpc) is 2.52. The zero-order valence-corrected chi connectivity index (χ0v) is 11.3. The SMILES string of the molecule is Cc1cc(C)c2c(c1)c1cc(C)cc(C)c1n2N. The van der Waals surface area contributed by atoms with Crippen LogP contribution >= 0.6 is 0 Å². The van der Waals surface area contributed by atoms with E-state index in [1.165, 1.54) is 33.0 Å². The van der Waals surface area contributed by atoms with Crippen molar-refractivity contribution in [3.63, 3.8) is 0 Å². The van der Waals surface area contributed by atoms with E-state index < -0.39 is 0 Å². The lowest BCUT2D eigenvalue weighted by atomic mass is 10.0. The van der Waals surface area contributed by atoms with Crippen molar-refractivity contribution in [1.29, 1.82) is 0 Å². The molecule has 2 heteroatoms. The molecular formula is C16H18N2. The summed E-state index contributed by atoms with van der Waals surface area (Å²) in [6.45, 7) is 8.52. The molecule has 0 atom stereocenters. The zero-order chi connectivity index (χ0) is 13.0. The second-order valence-electron chi connectivity index (χ2n) is 5.33. The molecule has 1 heterocycles. The molecule has 0 aliphatic carbocycles. The fourth-order valence-electron chi connectivity index (χ4n) is 3.08. The molecule has 0 saturated carbocycles. The van der Waals surface area contributed by atoms with Crippen LogP contribution in [0.3, 0.4) is 0 Å². The van der Waals surface area contributed by atoms with Gasteiger partial charge in [0.1, 0.15) is 0 Å². The van der Waals surface area contributed by atoms with Gasteiger partial charge in [-0.2, -0.15) is 0 Å². The molecular weight excluding hydrogens is 220 g/mol. The molecule has 3 aromatic rings. The summed E-state index contributed by atoms with van der Waals surface area (Å²) in [6.07, 6.45) is 0. The van der Waals surface area contributed by atoms with Gasteiger partial charge in [-0.1, -0.05) is 23.3 Å². The van der Waals surface area contributed by atoms with E-state index in [1.807, 2.05) is 4.68 Å². The summed E-state index contributed by atoms with van der Waals surface area (Å²) in [6, 6.07) is 8.83. The third kappa shape index (κ3) is 1.35. The highest BCUT2D eigenvalue weighted by atomic mass is 15.3. The Kier molecular flexibility index (Phi) is 2.18. The van der Waals surface area contributed by atoms with Gasteiger partial charge in [0.25, 0.3) is 0 Å². The van der Waals surface area contributed by atoms with Crippen LogP contribution in [0, 0.1) is 27.7 Å². The van der Waals surface area contributed by atoms with Crippen LogP contribution < -0.4 is 5.84 Å². The molecule has 0 unspecified atom stereocenters. The molecule has 0 fully saturated rings. The molecule has 92 valence electrons. The molecule has 0 amide bonds. The quantitative estimate of drug-likeness (QED) is 0.594. The van der Waals surface area contributed by atoms with E-state index in [4.69, 9.17) is 5.84 Å². The summed E-state index contributed by atoms with van der Waals surface area (Å²) >= 11 is 0. The van der Waals surface area contributed by atoms with E-state index in [1.54, 1.807) is 0 Å². The Morgan fingerprint density at radius 1 is 0.722 bits per heavy atom. The van der Waals surface area contributed by atoms with Gasteiger partial charge < -0.3 is 5.84 Å².